The maximum atomic E-state index is 12.2. The third kappa shape index (κ3) is 3.61. The molecule has 1 aliphatic rings. The van der Waals surface area contributed by atoms with Gasteiger partial charge in [-0.1, -0.05) is 19.3 Å². The topological polar surface area (TPSA) is 55.8 Å². The van der Waals surface area contributed by atoms with E-state index in [0.717, 1.165) is 19.3 Å². The van der Waals surface area contributed by atoms with Crippen LogP contribution in [0.4, 0.5) is 4.79 Å². The van der Waals surface area contributed by atoms with Crippen molar-refractivity contribution in [2.75, 3.05) is 14.2 Å². The van der Waals surface area contributed by atoms with E-state index >= 15 is 0 Å². The molecule has 0 aromatic heterocycles. The van der Waals surface area contributed by atoms with Crippen LogP contribution in [0.2, 0.25) is 0 Å². The zero-order valence-corrected chi connectivity index (χ0v) is 12.6. The summed E-state index contributed by atoms with van der Waals surface area (Å²) in [5, 5.41) is 0. The van der Waals surface area contributed by atoms with Gasteiger partial charge in [0.1, 0.15) is 11.1 Å². The fourth-order valence-corrected chi connectivity index (χ4v) is 2.51. The SMILES string of the molecule is COC(=O)C1(N(C)C(=O)OC(C)(C)C)CCCCC1. The molecular formula is C14H25NO4. The van der Waals surface area contributed by atoms with E-state index in [4.69, 9.17) is 9.47 Å². The van der Waals surface area contributed by atoms with Crippen LogP contribution in [0.25, 0.3) is 0 Å². The molecule has 1 saturated carbocycles. The second-order valence-electron chi connectivity index (χ2n) is 6.12. The second-order valence-corrected chi connectivity index (χ2v) is 6.12. The third-order valence-electron chi connectivity index (χ3n) is 3.56. The maximum Gasteiger partial charge on any atom is 0.410 e. The van der Waals surface area contributed by atoms with Crippen molar-refractivity contribution in [3.63, 3.8) is 0 Å². The summed E-state index contributed by atoms with van der Waals surface area (Å²) < 4.78 is 10.3. The molecule has 5 heteroatoms. The summed E-state index contributed by atoms with van der Waals surface area (Å²) in [4.78, 5) is 25.7. The van der Waals surface area contributed by atoms with Gasteiger partial charge in [0.25, 0.3) is 0 Å². The first-order valence-corrected chi connectivity index (χ1v) is 6.78. The van der Waals surface area contributed by atoms with Crippen LogP contribution in [0.3, 0.4) is 0 Å². The largest absolute Gasteiger partial charge is 0.467 e. The molecular weight excluding hydrogens is 246 g/mol. The number of hydrogen-bond acceptors (Lipinski definition) is 4. The Labute approximate surface area is 115 Å². The Morgan fingerprint density at radius 3 is 2.05 bits per heavy atom. The lowest BCUT2D eigenvalue weighted by molar-refractivity contribution is -0.156. The van der Waals surface area contributed by atoms with Crippen LogP contribution in [0, 0.1) is 0 Å². The van der Waals surface area contributed by atoms with Crippen molar-refractivity contribution >= 4 is 12.1 Å². The van der Waals surface area contributed by atoms with Gasteiger partial charge in [-0.15, -0.1) is 0 Å². The summed E-state index contributed by atoms with van der Waals surface area (Å²) in [6, 6.07) is 0. The number of hydrogen-bond donors (Lipinski definition) is 0. The van der Waals surface area contributed by atoms with Gasteiger partial charge in [0.05, 0.1) is 7.11 Å². The average molecular weight is 271 g/mol. The van der Waals surface area contributed by atoms with E-state index in [1.807, 2.05) is 20.8 Å². The molecule has 0 unspecified atom stereocenters. The predicted molar refractivity (Wildman–Crippen MR) is 71.8 cm³/mol. The first-order valence-electron chi connectivity index (χ1n) is 6.78. The number of nitrogens with zero attached hydrogens (tertiary/aromatic N) is 1. The Morgan fingerprint density at radius 2 is 1.63 bits per heavy atom. The molecule has 0 bridgehead atoms. The van der Waals surface area contributed by atoms with E-state index in [1.165, 1.54) is 12.0 Å². The van der Waals surface area contributed by atoms with Crippen LogP contribution >= 0.6 is 0 Å². The normalized spacial score (nSPS) is 18.6. The van der Waals surface area contributed by atoms with E-state index in [-0.39, 0.29) is 5.97 Å². The standard InChI is InChI=1S/C14H25NO4/c1-13(2,3)19-12(17)15(4)14(11(16)18-5)9-7-6-8-10-14/h6-10H2,1-5H3. The highest BCUT2D eigenvalue weighted by molar-refractivity contribution is 5.85. The van der Waals surface area contributed by atoms with Crippen molar-refractivity contribution in [3.05, 3.63) is 0 Å². The van der Waals surface area contributed by atoms with Gasteiger partial charge in [-0.05, 0) is 33.6 Å². The Morgan fingerprint density at radius 1 is 1.11 bits per heavy atom. The van der Waals surface area contributed by atoms with Crippen LogP contribution < -0.4 is 0 Å². The highest BCUT2D eigenvalue weighted by atomic mass is 16.6. The highest BCUT2D eigenvalue weighted by Gasteiger charge is 2.47. The first-order chi connectivity index (χ1) is 8.73. The molecule has 0 N–H and O–H groups in total. The molecule has 1 fully saturated rings. The highest BCUT2D eigenvalue weighted by Crippen LogP contribution is 2.34. The smallest absolute Gasteiger partial charge is 0.410 e. The molecule has 0 radical (unpaired) electrons. The lowest BCUT2D eigenvalue weighted by atomic mass is 9.80. The quantitative estimate of drug-likeness (QED) is 0.725. The zero-order chi connectivity index (χ0) is 14.7. The number of esters is 1. The van der Waals surface area contributed by atoms with Gasteiger partial charge in [0.15, 0.2) is 0 Å². The van der Waals surface area contributed by atoms with Gasteiger partial charge in [0.2, 0.25) is 0 Å². The van der Waals surface area contributed by atoms with Crippen LogP contribution in [0.1, 0.15) is 52.9 Å². The molecule has 0 aliphatic heterocycles. The molecule has 110 valence electrons. The van der Waals surface area contributed by atoms with Crippen LogP contribution in [-0.4, -0.2) is 42.3 Å². The Balaban J connectivity index is 2.91. The number of rotatable bonds is 2. The molecule has 1 aliphatic carbocycles. The van der Waals surface area contributed by atoms with Crippen molar-refractivity contribution < 1.29 is 19.1 Å². The minimum absolute atomic E-state index is 0.347. The Bertz CT molecular complexity index is 340. The number of likely N-dealkylation sites (N-methyl/N-ethyl adjacent to an activating group) is 1. The molecule has 0 saturated heterocycles. The fraction of sp³-hybridized carbons (Fsp3) is 0.857. The lowest BCUT2D eigenvalue weighted by Gasteiger charge is -2.42. The summed E-state index contributed by atoms with van der Waals surface area (Å²) in [5.74, 6) is -0.347. The molecule has 1 amide bonds. The number of amides is 1. The molecule has 0 heterocycles. The van der Waals surface area contributed by atoms with Crippen LogP contribution in [-0.2, 0) is 14.3 Å². The summed E-state index contributed by atoms with van der Waals surface area (Å²) in [5.41, 5.74) is -1.44. The molecule has 0 aromatic rings. The minimum atomic E-state index is -0.866. The zero-order valence-electron chi connectivity index (χ0n) is 12.6. The fourth-order valence-electron chi connectivity index (χ4n) is 2.51. The van der Waals surface area contributed by atoms with Gasteiger partial charge in [-0.2, -0.15) is 0 Å². The Hall–Kier alpha value is -1.26. The van der Waals surface area contributed by atoms with Crippen molar-refractivity contribution in [1.29, 1.82) is 0 Å². The van der Waals surface area contributed by atoms with E-state index in [0.29, 0.717) is 12.8 Å². The molecule has 19 heavy (non-hydrogen) atoms. The average Bonchev–Trinajstić information content (AvgIpc) is 2.35. The summed E-state index contributed by atoms with van der Waals surface area (Å²) in [6.45, 7) is 5.43. The molecule has 5 nitrogen and oxygen atoms in total. The number of carbonyl (C=O) groups is 2. The number of ether oxygens (including phenoxy) is 2. The molecule has 0 aromatic carbocycles. The van der Waals surface area contributed by atoms with Crippen molar-refractivity contribution in [2.45, 2.75) is 64.0 Å². The van der Waals surface area contributed by atoms with Gasteiger partial charge in [-0.25, -0.2) is 9.59 Å². The Kier molecular flexibility index (Phi) is 4.82. The summed E-state index contributed by atoms with van der Waals surface area (Å²) in [7, 11) is 2.98. The second kappa shape index (κ2) is 5.80. The van der Waals surface area contributed by atoms with Crippen molar-refractivity contribution in [3.8, 4) is 0 Å². The molecule has 0 atom stereocenters. The molecule has 0 spiro atoms. The van der Waals surface area contributed by atoms with Crippen molar-refractivity contribution in [2.24, 2.45) is 0 Å². The van der Waals surface area contributed by atoms with Crippen LogP contribution in [0.5, 0.6) is 0 Å². The number of carbonyl (C=O) groups excluding carboxylic acids is 2. The van der Waals surface area contributed by atoms with Gasteiger partial charge in [0, 0.05) is 7.05 Å². The maximum absolute atomic E-state index is 12.2. The van der Waals surface area contributed by atoms with E-state index in [1.54, 1.807) is 7.05 Å². The lowest BCUT2D eigenvalue weighted by Crippen LogP contribution is -2.57. The summed E-state index contributed by atoms with van der Waals surface area (Å²) >= 11 is 0. The van der Waals surface area contributed by atoms with Crippen LogP contribution in [0.15, 0.2) is 0 Å². The van der Waals surface area contributed by atoms with Crippen molar-refractivity contribution in [1.82, 2.24) is 4.90 Å². The van der Waals surface area contributed by atoms with E-state index in [2.05, 4.69) is 0 Å². The molecule has 1 rings (SSSR count). The first kappa shape index (κ1) is 15.8. The van der Waals surface area contributed by atoms with Gasteiger partial charge >= 0.3 is 12.1 Å². The third-order valence-corrected chi connectivity index (χ3v) is 3.56. The predicted octanol–water partition coefficient (Wildman–Crippen LogP) is 2.73. The summed E-state index contributed by atoms with van der Waals surface area (Å²) in [6.07, 6.45) is 3.72. The monoisotopic (exact) mass is 271 g/mol. The van der Waals surface area contributed by atoms with Gasteiger partial charge < -0.3 is 9.47 Å². The van der Waals surface area contributed by atoms with E-state index in [9.17, 15) is 9.59 Å². The van der Waals surface area contributed by atoms with Gasteiger partial charge in [-0.3, -0.25) is 4.90 Å². The van der Waals surface area contributed by atoms with E-state index < -0.39 is 17.2 Å². The number of methoxy groups -OCH3 is 1. The minimum Gasteiger partial charge on any atom is -0.467 e.